The maximum absolute atomic E-state index is 12.7. The van der Waals surface area contributed by atoms with Gasteiger partial charge in [-0.05, 0) is 60.9 Å². The Kier molecular flexibility index (Phi) is 8.60. The minimum Gasteiger partial charge on any atom is -0.478 e. The first-order chi connectivity index (χ1) is 15.3. The molecule has 0 spiro atoms. The number of rotatable bonds is 9. The number of thiocarbonyl (C=S) groups is 1. The molecular formula is C23H21BrN2O4S2. The van der Waals surface area contributed by atoms with Crippen molar-refractivity contribution in [3.05, 3.63) is 69.0 Å². The van der Waals surface area contributed by atoms with Gasteiger partial charge in [-0.3, -0.25) is 14.5 Å². The Morgan fingerprint density at radius 1 is 1.06 bits per heavy atom. The summed E-state index contributed by atoms with van der Waals surface area (Å²) in [6.07, 6.45) is 4.41. The van der Waals surface area contributed by atoms with Crippen LogP contribution in [0.25, 0.3) is 6.08 Å². The number of thioether (sulfide) groups is 1. The highest BCUT2D eigenvalue weighted by atomic mass is 79.9. The van der Waals surface area contributed by atoms with Crippen LogP contribution in [0.5, 0.6) is 0 Å². The molecule has 2 aromatic carbocycles. The third-order valence-electron chi connectivity index (χ3n) is 4.74. The van der Waals surface area contributed by atoms with Gasteiger partial charge >= 0.3 is 5.97 Å². The zero-order chi connectivity index (χ0) is 23.1. The second-order valence-electron chi connectivity index (χ2n) is 7.13. The molecule has 6 nitrogen and oxygen atoms in total. The first kappa shape index (κ1) is 24.2. The molecule has 0 aromatic heterocycles. The molecule has 9 heteroatoms. The van der Waals surface area contributed by atoms with E-state index in [1.54, 1.807) is 17.0 Å². The lowest BCUT2D eigenvalue weighted by Gasteiger charge is -2.14. The van der Waals surface area contributed by atoms with Gasteiger partial charge in [0.2, 0.25) is 5.91 Å². The highest BCUT2D eigenvalue weighted by molar-refractivity contribution is 9.10. The minimum atomic E-state index is -1.01. The number of carbonyl (C=O) groups is 3. The summed E-state index contributed by atoms with van der Waals surface area (Å²) in [6.45, 7) is 0.528. The lowest BCUT2D eigenvalue weighted by atomic mass is 10.1. The molecule has 32 heavy (non-hydrogen) atoms. The number of amides is 2. The van der Waals surface area contributed by atoms with Crippen LogP contribution in [-0.4, -0.2) is 38.7 Å². The fourth-order valence-corrected chi connectivity index (χ4v) is 4.63. The number of aromatic carboxylic acids is 1. The van der Waals surface area contributed by atoms with Gasteiger partial charge in [-0.25, -0.2) is 4.79 Å². The lowest BCUT2D eigenvalue weighted by molar-refractivity contribution is -0.122. The van der Waals surface area contributed by atoms with Crippen LogP contribution < -0.4 is 5.32 Å². The van der Waals surface area contributed by atoms with E-state index in [-0.39, 0.29) is 17.4 Å². The third-order valence-corrected chi connectivity index (χ3v) is 6.65. The molecule has 2 aromatic rings. The molecule has 2 amide bonds. The fraction of sp³-hybridized carbons (Fsp3) is 0.217. The van der Waals surface area contributed by atoms with E-state index in [0.29, 0.717) is 34.3 Å². The standard InChI is InChI=1S/C23H21BrN2O4S2/c24-17-9-5-15(6-10-17)14-19-21(28)26(23(31)32-19)13-3-1-2-4-20(27)25-18-11-7-16(8-12-18)22(29)30/h5-12,14H,1-4,13H2,(H,25,27)(H,29,30)/b19-14-. The van der Waals surface area contributed by atoms with Crippen LogP contribution in [0.2, 0.25) is 0 Å². The van der Waals surface area contributed by atoms with E-state index in [1.807, 2.05) is 30.3 Å². The molecule has 0 unspecified atom stereocenters. The predicted molar refractivity (Wildman–Crippen MR) is 135 cm³/mol. The maximum atomic E-state index is 12.7. The van der Waals surface area contributed by atoms with Crippen molar-refractivity contribution < 1.29 is 19.5 Å². The highest BCUT2D eigenvalue weighted by Crippen LogP contribution is 2.33. The van der Waals surface area contributed by atoms with Crippen molar-refractivity contribution in [1.82, 2.24) is 4.90 Å². The quantitative estimate of drug-likeness (QED) is 0.250. The normalized spacial score (nSPS) is 14.8. The zero-order valence-electron chi connectivity index (χ0n) is 17.0. The number of carboxylic acid groups (broad SMARTS) is 1. The minimum absolute atomic E-state index is 0.0783. The Balaban J connectivity index is 1.40. The number of nitrogens with zero attached hydrogens (tertiary/aromatic N) is 1. The largest absolute Gasteiger partial charge is 0.478 e. The van der Waals surface area contributed by atoms with E-state index in [2.05, 4.69) is 21.2 Å². The molecule has 1 aliphatic heterocycles. The SMILES string of the molecule is O=C(CCCCCN1C(=O)/C(=C/c2ccc(Br)cc2)SC1=S)Nc1ccc(C(=O)O)cc1. The van der Waals surface area contributed by atoms with E-state index in [4.69, 9.17) is 17.3 Å². The average Bonchev–Trinajstić information content (AvgIpc) is 3.02. The summed E-state index contributed by atoms with van der Waals surface area (Å²) in [5.74, 6) is -1.21. The molecule has 1 fully saturated rings. The first-order valence-corrected chi connectivity index (χ1v) is 12.0. The smallest absolute Gasteiger partial charge is 0.335 e. The molecule has 1 aliphatic rings. The number of carboxylic acids is 1. The van der Waals surface area contributed by atoms with E-state index in [1.165, 1.54) is 23.9 Å². The van der Waals surface area contributed by atoms with Gasteiger partial charge in [-0.2, -0.15) is 0 Å². The second kappa shape index (κ2) is 11.4. The molecule has 0 atom stereocenters. The van der Waals surface area contributed by atoms with Crippen LogP contribution >= 0.6 is 39.9 Å². The Morgan fingerprint density at radius 2 is 1.75 bits per heavy atom. The third kappa shape index (κ3) is 6.75. The maximum Gasteiger partial charge on any atom is 0.335 e. The van der Waals surface area contributed by atoms with Crippen molar-refractivity contribution in [3.63, 3.8) is 0 Å². The van der Waals surface area contributed by atoms with Crippen LogP contribution in [0, 0.1) is 0 Å². The van der Waals surface area contributed by atoms with Gasteiger partial charge in [0.25, 0.3) is 5.91 Å². The Morgan fingerprint density at radius 3 is 2.41 bits per heavy atom. The first-order valence-electron chi connectivity index (χ1n) is 9.97. The average molecular weight is 533 g/mol. The number of hydrogen-bond donors (Lipinski definition) is 2. The van der Waals surface area contributed by atoms with Gasteiger partial charge in [0.15, 0.2) is 0 Å². The number of halogens is 1. The lowest BCUT2D eigenvalue weighted by Crippen LogP contribution is -2.29. The van der Waals surface area contributed by atoms with Crippen molar-refractivity contribution in [3.8, 4) is 0 Å². The molecule has 166 valence electrons. The topological polar surface area (TPSA) is 86.7 Å². The van der Waals surface area contributed by atoms with Gasteiger partial charge in [0, 0.05) is 23.1 Å². The van der Waals surface area contributed by atoms with Gasteiger partial charge < -0.3 is 10.4 Å². The van der Waals surface area contributed by atoms with Crippen molar-refractivity contribution >= 4 is 73.8 Å². The van der Waals surface area contributed by atoms with Crippen molar-refractivity contribution in [2.45, 2.75) is 25.7 Å². The van der Waals surface area contributed by atoms with Crippen LogP contribution in [0.3, 0.4) is 0 Å². The molecule has 1 heterocycles. The van der Waals surface area contributed by atoms with Crippen LogP contribution in [0.1, 0.15) is 41.6 Å². The van der Waals surface area contributed by atoms with E-state index in [9.17, 15) is 14.4 Å². The Bertz CT molecular complexity index is 1050. The molecule has 0 radical (unpaired) electrons. The number of anilines is 1. The second-order valence-corrected chi connectivity index (χ2v) is 9.72. The van der Waals surface area contributed by atoms with Crippen molar-refractivity contribution in [2.75, 3.05) is 11.9 Å². The Labute approximate surface area is 204 Å². The van der Waals surface area contributed by atoms with Crippen molar-refractivity contribution in [2.24, 2.45) is 0 Å². The summed E-state index contributed by atoms with van der Waals surface area (Å²) >= 11 is 10.1. The van der Waals surface area contributed by atoms with Crippen LogP contribution in [0.15, 0.2) is 57.9 Å². The van der Waals surface area contributed by atoms with Crippen LogP contribution in [-0.2, 0) is 9.59 Å². The monoisotopic (exact) mass is 532 g/mol. The fourth-order valence-electron chi connectivity index (χ4n) is 3.06. The summed E-state index contributed by atoms with van der Waals surface area (Å²) in [6, 6.07) is 13.7. The summed E-state index contributed by atoms with van der Waals surface area (Å²) in [5, 5.41) is 11.7. The summed E-state index contributed by atoms with van der Waals surface area (Å²) in [5.41, 5.74) is 1.68. The number of carbonyl (C=O) groups excluding carboxylic acids is 2. The van der Waals surface area contributed by atoms with Gasteiger partial charge in [-0.15, -0.1) is 0 Å². The summed E-state index contributed by atoms with van der Waals surface area (Å²) in [4.78, 5) is 37.8. The zero-order valence-corrected chi connectivity index (χ0v) is 20.3. The number of benzene rings is 2. The van der Waals surface area contributed by atoms with E-state index in [0.717, 1.165) is 22.9 Å². The summed E-state index contributed by atoms with van der Waals surface area (Å²) in [7, 11) is 0. The van der Waals surface area contributed by atoms with Gasteiger partial charge in [0.05, 0.1) is 10.5 Å². The number of hydrogen-bond acceptors (Lipinski definition) is 5. The van der Waals surface area contributed by atoms with Gasteiger partial charge in [-0.1, -0.05) is 58.5 Å². The number of unbranched alkanes of at least 4 members (excludes halogenated alkanes) is 2. The molecule has 2 N–H and O–H groups in total. The molecule has 0 aliphatic carbocycles. The van der Waals surface area contributed by atoms with Gasteiger partial charge in [0.1, 0.15) is 4.32 Å². The molecule has 0 bridgehead atoms. The summed E-state index contributed by atoms with van der Waals surface area (Å²) < 4.78 is 1.54. The van der Waals surface area contributed by atoms with Crippen LogP contribution in [0.4, 0.5) is 5.69 Å². The Hall–Kier alpha value is -2.49. The molecule has 0 saturated carbocycles. The highest BCUT2D eigenvalue weighted by Gasteiger charge is 2.31. The molecular weight excluding hydrogens is 512 g/mol. The van der Waals surface area contributed by atoms with E-state index >= 15 is 0 Å². The molecule has 3 rings (SSSR count). The number of nitrogens with one attached hydrogen (secondary N) is 1. The molecule has 1 saturated heterocycles. The van der Waals surface area contributed by atoms with Crippen molar-refractivity contribution in [1.29, 1.82) is 0 Å². The van der Waals surface area contributed by atoms with E-state index < -0.39 is 5.97 Å². The predicted octanol–water partition coefficient (Wildman–Crippen LogP) is 5.55.